The molecule has 1 saturated heterocycles. The fourth-order valence-electron chi connectivity index (χ4n) is 4.56. The number of guanidine groups is 1. The van der Waals surface area contributed by atoms with Crippen LogP contribution in [-0.2, 0) is 17.7 Å². The Balaban J connectivity index is 0.00000341. The molecular weight excluding hydrogens is 505 g/mol. The van der Waals surface area contributed by atoms with Crippen molar-refractivity contribution in [2.24, 2.45) is 10.9 Å². The van der Waals surface area contributed by atoms with Gasteiger partial charge in [0.1, 0.15) is 12.2 Å². The number of morpholine rings is 1. The number of aliphatic imine (C=N–C) groups is 1. The minimum atomic E-state index is 0. The molecule has 1 aromatic heterocycles. The van der Waals surface area contributed by atoms with Gasteiger partial charge in [-0.25, -0.2) is 0 Å². The molecule has 2 heterocycles. The van der Waals surface area contributed by atoms with E-state index in [1.54, 1.807) is 0 Å². The molecule has 1 aliphatic carbocycles. The van der Waals surface area contributed by atoms with Crippen molar-refractivity contribution in [3.8, 4) is 0 Å². The lowest BCUT2D eigenvalue weighted by Gasteiger charge is -2.47. The fraction of sp³-hybridized carbons (Fsp3) is 0.864. The molecule has 2 aliphatic rings. The van der Waals surface area contributed by atoms with E-state index in [9.17, 15) is 0 Å². The SMILES string of the molecule is CCc1nncn1CCNC(=NCC1(N2CCOCC2)CCCCC1)NCC(C)C.I. The number of hydrogen-bond acceptors (Lipinski definition) is 5. The number of aromatic nitrogens is 3. The maximum atomic E-state index is 5.62. The first-order chi connectivity index (χ1) is 14.6. The zero-order valence-electron chi connectivity index (χ0n) is 19.6. The molecule has 0 amide bonds. The van der Waals surface area contributed by atoms with Crippen molar-refractivity contribution in [1.29, 1.82) is 0 Å². The van der Waals surface area contributed by atoms with E-state index in [0.717, 1.165) is 70.7 Å². The van der Waals surface area contributed by atoms with Crippen molar-refractivity contribution in [3.05, 3.63) is 12.2 Å². The first-order valence-electron chi connectivity index (χ1n) is 11.8. The number of ether oxygens (including phenoxy) is 1. The minimum Gasteiger partial charge on any atom is -0.379 e. The van der Waals surface area contributed by atoms with E-state index >= 15 is 0 Å². The third-order valence-electron chi connectivity index (χ3n) is 6.33. The van der Waals surface area contributed by atoms with Gasteiger partial charge in [0.05, 0.1) is 19.8 Å². The molecule has 8 nitrogen and oxygen atoms in total. The third kappa shape index (κ3) is 7.85. The lowest BCUT2D eigenvalue weighted by atomic mass is 9.80. The lowest BCUT2D eigenvalue weighted by Crippen LogP contribution is -2.56. The van der Waals surface area contributed by atoms with Gasteiger partial charge in [0.25, 0.3) is 0 Å². The van der Waals surface area contributed by atoms with E-state index in [1.807, 2.05) is 6.33 Å². The van der Waals surface area contributed by atoms with E-state index < -0.39 is 0 Å². The molecule has 0 atom stereocenters. The molecule has 178 valence electrons. The topological polar surface area (TPSA) is 79.6 Å². The van der Waals surface area contributed by atoms with E-state index in [4.69, 9.17) is 9.73 Å². The summed E-state index contributed by atoms with van der Waals surface area (Å²) in [5.41, 5.74) is 0.193. The number of halogens is 1. The van der Waals surface area contributed by atoms with Gasteiger partial charge in [-0.2, -0.15) is 0 Å². The summed E-state index contributed by atoms with van der Waals surface area (Å²) in [7, 11) is 0. The Kier molecular flexibility index (Phi) is 11.5. The van der Waals surface area contributed by atoms with E-state index in [2.05, 4.69) is 51.1 Å². The molecule has 1 aromatic rings. The number of nitrogens with zero attached hydrogens (tertiary/aromatic N) is 5. The van der Waals surface area contributed by atoms with Gasteiger partial charge < -0.3 is 19.9 Å². The largest absolute Gasteiger partial charge is 0.379 e. The molecule has 0 aromatic carbocycles. The van der Waals surface area contributed by atoms with E-state index in [-0.39, 0.29) is 29.5 Å². The Bertz CT molecular complexity index is 652. The molecule has 9 heteroatoms. The highest BCUT2D eigenvalue weighted by molar-refractivity contribution is 14.0. The summed E-state index contributed by atoms with van der Waals surface area (Å²) < 4.78 is 7.73. The number of hydrogen-bond donors (Lipinski definition) is 2. The lowest BCUT2D eigenvalue weighted by molar-refractivity contribution is -0.0333. The molecule has 0 spiro atoms. The van der Waals surface area contributed by atoms with Gasteiger partial charge in [-0.05, 0) is 18.8 Å². The second-order valence-corrected chi connectivity index (χ2v) is 9.04. The fourth-order valence-corrected chi connectivity index (χ4v) is 4.56. The standard InChI is InChI=1S/C22H41N7O.HI/c1-4-20-27-26-18-28(20)11-10-23-21(24-16-19(2)3)25-17-22(8-6-5-7-9-22)29-12-14-30-15-13-29;/h18-19H,4-17H2,1-3H3,(H2,23,24,25);1H. The van der Waals surface area contributed by atoms with Crippen LogP contribution >= 0.6 is 24.0 Å². The summed E-state index contributed by atoms with van der Waals surface area (Å²) >= 11 is 0. The van der Waals surface area contributed by atoms with Gasteiger partial charge in [0.15, 0.2) is 5.96 Å². The van der Waals surface area contributed by atoms with Gasteiger partial charge in [0, 0.05) is 44.7 Å². The van der Waals surface area contributed by atoms with Gasteiger partial charge in [-0.1, -0.05) is 40.0 Å². The third-order valence-corrected chi connectivity index (χ3v) is 6.33. The van der Waals surface area contributed by atoms with Gasteiger partial charge in [0.2, 0.25) is 0 Å². The molecule has 1 saturated carbocycles. The summed E-state index contributed by atoms with van der Waals surface area (Å²) in [4.78, 5) is 7.76. The van der Waals surface area contributed by atoms with Gasteiger partial charge in [-0.15, -0.1) is 34.2 Å². The maximum Gasteiger partial charge on any atom is 0.191 e. The van der Waals surface area contributed by atoms with Crippen LogP contribution in [0.5, 0.6) is 0 Å². The van der Waals surface area contributed by atoms with Crippen LogP contribution < -0.4 is 10.6 Å². The highest BCUT2D eigenvalue weighted by Crippen LogP contribution is 2.34. The summed E-state index contributed by atoms with van der Waals surface area (Å²) in [5.74, 6) is 2.52. The molecule has 2 fully saturated rings. The van der Waals surface area contributed by atoms with Crippen molar-refractivity contribution >= 4 is 29.9 Å². The number of aryl methyl sites for hydroxylation is 1. The summed E-state index contributed by atoms with van der Waals surface area (Å²) in [6.07, 6.45) is 9.17. The van der Waals surface area contributed by atoms with Crippen LogP contribution in [0.15, 0.2) is 11.3 Å². The maximum absolute atomic E-state index is 5.62. The first kappa shape index (κ1) is 26.3. The smallest absolute Gasteiger partial charge is 0.191 e. The van der Waals surface area contributed by atoms with Crippen molar-refractivity contribution in [3.63, 3.8) is 0 Å². The van der Waals surface area contributed by atoms with Gasteiger partial charge >= 0.3 is 0 Å². The zero-order chi connectivity index (χ0) is 21.2. The Hall–Kier alpha value is -0.940. The average Bonchev–Trinajstić information content (AvgIpc) is 3.24. The van der Waals surface area contributed by atoms with E-state index in [1.165, 1.54) is 32.1 Å². The predicted molar refractivity (Wildman–Crippen MR) is 136 cm³/mol. The second kappa shape index (κ2) is 13.6. The predicted octanol–water partition coefficient (Wildman–Crippen LogP) is 2.68. The first-order valence-corrected chi connectivity index (χ1v) is 11.8. The minimum absolute atomic E-state index is 0. The van der Waals surface area contributed by atoms with Crippen molar-refractivity contribution in [1.82, 2.24) is 30.3 Å². The number of rotatable bonds is 9. The monoisotopic (exact) mass is 547 g/mol. The van der Waals surface area contributed by atoms with Crippen molar-refractivity contribution < 1.29 is 4.74 Å². The zero-order valence-corrected chi connectivity index (χ0v) is 21.9. The molecule has 3 rings (SSSR count). The van der Waals surface area contributed by atoms with Crippen LogP contribution in [0.1, 0.15) is 58.7 Å². The van der Waals surface area contributed by atoms with E-state index in [0.29, 0.717) is 5.92 Å². The highest BCUT2D eigenvalue weighted by Gasteiger charge is 2.38. The highest BCUT2D eigenvalue weighted by atomic mass is 127. The average molecular weight is 548 g/mol. The van der Waals surface area contributed by atoms with Crippen LogP contribution in [0.3, 0.4) is 0 Å². The van der Waals surface area contributed by atoms with Crippen LogP contribution in [0.25, 0.3) is 0 Å². The molecule has 31 heavy (non-hydrogen) atoms. The van der Waals surface area contributed by atoms with Crippen molar-refractivity contribution in [2.45, 2.75) is 71.4 Å². The quantitative estimate of drug-likeness (QED) is 0.281. The second-order valence-electron chi connectivity index (χ2n) is 9.04. The molecule has 0 radical (unpaired) electrons. The normalized spacial score (nSPS) is 19.8. The Morgan fingerprint density at radius 2 is 1.94 bits per heavy atom. The van der Waals surface area contributed by atoms with Crippen LogP contribution in [0.2, 0.25) is 0 Å². The van der Waals surface area contributed by atoms with Crippen LogP contribution in [0.4, 0.5) is 0 Å². The van der Waals surface area contributed by atoms with Crippen molar-refractivity contribution in [2.75, 3.05) is 45.9 Å². The Morgan fingerprint density at radius 1 is 1.19 bits per heavy atom. The number of nitrogens with one attached hydrogen (secondary N) is 2. The van der Waals surface area contributed by atoms with Crippen LogP contribution in [0, 0.1) is 5.92 Å². The molecule has 2 N–H and O–H groups in total. The Morgan fingerprint density at radius 3 is 2.61 bits per heavy atom. The Labute approximate surface area is 205 Å². The summed E-state index contributed by atoms with van der Waals surface area (Å²) in [5, 5.41) is 15.3. The molecule has 1 aliphatic heterocycles. The van der Waals surface area contributed by atoms with Gasteiger partial charge in [-0.3, -0.25) is 9.89 Å². The summed E-state index contributed by atoms with van der Waals surface area (Å²) in [6.45, 7) is 13.7. The molecule has 0 unspecified atom stereocenters. The molecule has 0 bridgehead atoms. The molecular formula is C22H42IN7O. The van der Waals surface area contributed by atoms with Crippen LogP contribution in [-0.4, -0.2) is 77.1 Å². The summed E-state index contributed by atoms with van der Waals surface area (Å²) in [6, 6.07) is 0.